The van der Waals surface area contributed by atoms with Gasteiger partial charge in [-0.1, -0.05) is 0 Å². The smallest absolute Gasteiger partial charge is 0.210 e. The highest BCUT2D eigenvalue weighted by atomic mass is 35.5. The van der Waals surface area contributed by atoms with Crippen molar-refractivity contribution in [2.24, 2.45) is 0 Å². The minimum atomic E-state index is -2.42. The Hall–Kier alpha value is 0.440. The van der Waals surface area contributed by atoms with E-state index >= 15 is 0 Å². The van der Waals surface area contributed by atoms with E-state index in [0.717, 1.165) is 0 Å². The maximum Gasteiger partial charge on any atom is 0.241 e. The zero-order valence-electron chi connectivity index (χ0n) is 4.30. The molecular weight excluding hydrogens is 157 g/mol. The second-order valence-electron chi connectivity index (χ2n) is 1.67. The molecule has 0 unspecified atom stereocenters. The molecule has 0 aliphatic rings. The third-order valence-corrected chi connectivity index (χ3v) is 0.821. The average Bonchev–Trinajstić information content (AvgIpc) is 1.21. The van der Waals surface area contributed by atoms with Gasteiger partial charge in [-0.05, 0) is 6.92 Å². The predicted octanol–water partition coefficient (Wildman–Crippen LogP) is 2.84. The molecule has 0 aliphatic heterocycles. The van der Waals surface area contributed by atoms with E-state index in [1.807, 2.05) is 0 Å². The summed E-state index contributed by atoms with van der Waals surface area (Å²) >= 11 is 10.4. The normalized spacial score (nSPS) is 12.8. The Balaban J connectivity index is 3.39. The van der Waals surface area contributed by atoms with E-state index in [1.165, 1.54) is 6.92 Å². The van der Waals surface area contributed by atoms with Gasteiger partial charge in [-0.3, -0.25) is 0 Å². The van der Waals surface area contributed by atoms with E-state index < -0.39 is 17.2 Å². The molecule has 0 atom stereocenters. The third kappa shape index (κ3) is 6.44. The molecule has 0 aromatic carbocycles. The van der Waals surface area contributed by atoms with E-state index in [1.54, 1.807) is 0 Å². The van der Waals surface area contributed by atoms with Crippen LogP contribution in [-0.2, 0) is 0 Å². The van der Waals surface area contributed by atoms with Crippen molar-refractivity contribution >= 4 is 23.2 Å². The van der Waals surface area contributed by atoms with Gasteiger partial charge >= 0.3 is 0 Å². The zero-order chi connectivity index (χ0) is 6.78. The van der Waals surface area contributed by atoms with Crippen molar-refractivity contribution < 1.29 is 8.78 Å². The topological polar surface area (TPSA) is 0 Å². The molecule has 0 aromatic heterocycles. The SMILES string of the molecule is CC(Cl)(Cl)CC(F)F. The van der Waals surface area contributed by atoms with Crippen molar-refractivity contribution in [3.63, 3.8) is 0 Å². The number of rotatable bonds is 2. The summed E-state index contributed by atoms with van der Waals surface area (Å²) in [6, 6.07) is 0. The fraction of sp³-hybridized carbons (Fsp3) is 1.00. The molecule has 0 aliphatic carbocycles. The molecule has 0 heterocycles. The minimum Gasteiger partial charge on any atom is -0.210 e. The molecule has 0 bridgehead atoms. The number of halogens is 4. The molecule has 4 heteroatoms. The summed E-state index contributed by atoms with van der Waals surface area (Å²) in [4.78, 5) is 0. The van der Waals surface area contributed by atoms with Crippen molar-refractivity contribution in [3.8, 4) is 0 Å². The molecule has 0 aromatic rings. The Kier molecular flexibility index (Phi) is 2.99. The molecule has 8 heavy (non-hydrogen) atoms. The van der Waals surface area contributed by atoms with Gasteiger partial charge in [0.05, 0.1) is 0 Å². The van der Waals surface area contributed by atoms with Crippen LogP contribution in [0.4, 0.5) is 8.78 Å². The maximum atomic E-state index is 11.4. The Morgan fingerprint density at radius 1 is 1.50 bits per heavy atom. The Morgan fingerprint density at radius 3 is 1.88 bits per heavy atom. The van der Waals surface area contributed by atoms with Crippen LogP contribution in [-0.4, -0.2) is 10.8 Å². The molecule has 0 spiro atoms. The third-order valence-electron chi connectivity index (χ3n) is 0.513. The van der Waals surface area contributed by atoms with E-state index in [2.05, 4.69) is 0 Å². The highest BCUT2D eigenvalue weighted by Gasteiger charge is 2.21. The van der Waals surface area contributed by atoms with E-state index in [9.17, 15) is 8.78 Å². The van der Waals surface area contributed by atoms with E-state index in [4.69, 9.17) is 23.2 Å². The molecule has 0 saturated carbocycles. The van der Waals surface area contributed by atoms with Crippen LogP contribution in [0, 0.1) is 0 Å². The summed E-state index contributed by atoms with van der Waals surface area (Å²) in [5, 5.41) is 0. The molecule has 0 amide bonds. The second kappa shape index (κ2) is 2.83. The second-order valence-corrected chi connectivity index (χ2v) is 3.53. The van der Waals surface area contributed by atoms with Crippen molar-refractivity contribution in [2.75, 3.05) is 0 Å². The monoisotopic (exact) mass is 162 g/mol. The van der Waals surface area contributed by atoms with Crippen molar-refractivity contribution in [3.05, 3.63) is 0 Å². The van der Waals surface area contributed by atoms with Crippen molar-refractivity contribution in [1.82, 2.24) is 0 Å². The summed E-state index contributed by atoms with van der Waals surface area (Å²) in [7, 11) is 0. The van der Waals surface area contributed by atoms with Crippen molar-refractivity contribution in [2.45, 2.75) is 24.1 Å². The predicted molar refractivity (Wildman–Crippen MR) is 30.7 cm³/mol. The largest absolute Gasteiger partial charge is 0.241 e. The highest BCUT2D eigenvalue weighted by Crippen LogP contribution is 2.26. The first-order valence-electron chi connectivity index (χ1n) is 2.08. The Bertz CT molecular complexity index is 66.9. The van der Waals surface area contributed by atoms with Crippen molar-refractivity contribution in [1.29, 1.82) is 0 Å². The first-order chi connectivity index (χ1) is 3.42. The van der Waals surface area contributed by atoms with Crippen LogP contribution < -0.4 is 0 Å². The first-order valence-corrected chi connectivity index (χ1v) is 2.83. The van der Waals surface area contributed by atoms with Gasteiger partial charge in [-0.2, -0.15) is 0 Å². The molecule has 0 fully saturated rings. The van der Waals surface area contributed by atoms with Crippen LogP contribution in [0.3, 0.4) is 0 Å². The molecule has 50 valence electrons. The van der Waals surface area contributed by atoms with Gasteiger partial charge in [0, 0.05) is 6.42 Å². The zero-order valence-corrected chi connectivity index (χ0v) is 5.81. The van der Waals surface area contributed by atoms with E-state index in [-0.39, 0.29) is 0 Å². The fourth-order valence-electron chi connectivity index (χ4n) is 0.271. The van der Waals surface area contributed by atoms with Gasteiger partial charge in [-0.15, -0.1) is 23.2 Å². The highest BCUT2D eigenvalue weighted by molar-refractivity contribution is 6.48. The average molecular weight is 163 g/mol. The number of hydrogen-bond donors (Lipinski definition) is 0. The van der Waals surface area contributed by atoms with Crippen LogP contribution in [0.15, 0.2) is 0 Å². The maximum absolute atomic E-state index is 11.4. The number of hydrogen-bond acceptors (Lipinski definition) is 0. The van der Waals surface area contributed by atoms with Gasteiger partial charge in [0.25, 0.3) is 0 Å². The van der Waals surface area contributed by atoms with Gasteiger partial charge in [0.15, 0.2) is 0 Å². The summed E-state index contributed by atoms with van der Waals surface area (Å²) in [5.74, 6) is 0. The molecule has 0 saturated heterocycles. The molecule has 0 radical (unpaired) electrons. The van der Waals surface area contributed by atoms with Gasteiger partial charge < -0.3 is 0 Å². The molecule has 0 nitrogen and oxygen atoms in total. The minimum absolute atomic E-state index is 0.476. The van der Waals surface area contributed by atoms with Crippen LogP contribution in [0.2, 0.25) is 0 Å². The summed E-state index contributed by atoms with van der Waals surface area (Å²) in [6.45, 7) is 1.34. The standard InChI is InChI=1S/C4H6Cl2F2/c1-4(5,6)2-3(7)8/h3H,2H2,1H3. The Labute approximate surface area is 56.8 Å². The number of alkyl halides is 4. The lowest BCUT2D eigenvalue weighted by molar-refractivity contribution is 0.134. The first kappa shape index (κ1) is 8.44. The van der Waals surface area contributed by atoms with Gasteiger partial charge in [0.1, 0.15) is 4.33 Å². The summed E-state index contributed by atoms with van der Waals surface area (Å²) < 4.78 is 21.4. The quantitative estimate of drug-likeness (QED) is 0.549. The fourth-order valence-corrected chi connectivity index (χ4v) is 0.504. The lowest BCUT2D eigenvalue weighted by Crippen LogP contribution is -2.10. The van der Waals surface area contributed by atoms with Crippen LogP contribution in [0.5, 0.6) is 0 Å². The molecule has 0 rings (SSSR count). The summed E-state index contributed by atoms with van der Waals surface area (Å²) in [5.41, 5.74) is 0. The van der Waals surface area contributed by atoms with Gasteiger partial charge in [-0.25, -0.2) is 8.78 Å². The van der Waals surface area contributed by atoms with Crippen LogP contribution in [0.1, 0.15) is 13.3 Å². The van der Waals surface area contributed by atoms with E-state index in [0.29, 0.717) is 0 Å². The lowest BCUT2D eigenvalue weighted by atomic mass is 10.3. The Morgan fingerprint density at radius 2 is 1.88 bits per heavy atom. The summed E-state index contributed by atoms with van der Waals surface area (Å²) in [6.07, 6.45) is -2.90. The van der Waals surface area contributed by atoms with Gasteiger partial charge in [0.2, 0.25) is 6.43 Å². The van der Waals surface area contributed by atoms with Crippen LogP contribution in [0.25, 0.3) is 0 Å². The van der Waals surface area contributed by atoms with Crippen LogP contribution >= 0.6 is 23.2 Å². The molecule has 0 N–H and O–H groups in total. The lowest BCUT2D eigenvalue weighted by Gasteiger charge is -2.10. The molecular formula is C4H6Cl2F2.